The Morgan fingerprint density at radius 2 is 1.64 bits per heavy atom. The summed E-state index contributed by atoms with van der Waals surface area (Å²) in [4.78, 5) is 19.3. The number of rotatable bonds is 4. The first-order valence-electron chi connectivity index (χ1n) is 11.5. The van der Waals surface area contributed by atoms with Crippen molar-refractivity contribution in [1.29, 1.82) is 0 Å². The lowest BCUT2D eigenvalue weighted by molar-refractivity contribution is 0.205. The number of carbonyl (C=O) groups is 1. The minimum Gasteiger partial charge on any atom is -0.493 e. The molecule has 176 valence electrons. The van der Waals surface area contributed by atoms with E-state index in [1.165, 1.54) is 5.69 Å². The normalized spacial score (nSPS) is 18.8. The summed E-state index contributed by atoms with van der Waals surface area (Å²) in [5.41, 5.74) is 5.46. The monoisotopic (exact) mass is 450 g/mol. The van der Waals surface area contributed by atoms with Crippen molar-refractivity contribution >= 4 is 17.3 Å². The van der Waals surface area contributed by atoms with Gasteiger partial charge in [0.15, 0.2) is 11.5 Å². The van der Waals surface area contributed by atoms with Gasteiger partial charge in [0.2, 0.25) is 0 Å². The Kier molecular flexibility index (Phi) is 6.79. The highest BCUT2D eigenvalue weighted by molar-refractivity contribution is 5.87. The molecule has 0 spiro atoms. The maximum Gasteiger partial charge on any atom is 0.321 e. The average molecular weight is 451 g/mol. The van der Waals surface area contributed by atoms with Crippen LogP contribution in [0.2, 0.25) is 0 Å². The summed E-state index contributed by atoms with van der Waals surface area (Å²) in [5, 5.41) is 2.77. The van der Waals surface area contributed by atoms with Gasteiger partial charge in [0.25, 0.3) is 0 Å². The Balaban J connectivity index is 1.77. The average Bonchev–Trinajstić information content (AvgIpc) is 2.98. The molecule has 0 radical (unpaired) electrons. The highest BCUT2D eigenvalue weighted by Gasteiger charge is 2.27. The van der Waals surface area contributed by atoms with Crippen LogP contribution in [0.25, 0.3) is 5.57 Å². The number of methoxy groups -OCH3 is 2. The van der Waals surface area contributed by atoms with Gasteiger partial charge in [0.05, 0.1) is 14.2 Å². The summed E-state index contributed by atoms with van der Waals surface area (Å²) < 4.78 is 11.2. The summed E-state index contributed by atoms with van der Waals surface area (Å²) in [5.74, 6) is 1.37. The maximum atomic E-state index is 12.7. The van der Waals surface area contributed by atoms with Gasteiger partial charge in [-0.2, -0.15) is 0 Å². The van der Waals surface area contributed by atoms with Crippen molar-refractivity contribution in [2.75, 3.05) is 59.4 Å². The third kappa shape index (κ3) is 4.64. The molecule has 7 nitrogen and oxygen atoms in total. The first kappa shape index (κ1) is 23.0. The number of benzene rings is 2. The molecule has 33 heavy (non-hydrogen) atoms. The molecule has 2 aliphatic heterocycles. The molecule has 2 aromatic rings. The Hall–Kier alpha value is -3.19. The summed E-state index contributed by atoms with van der Waals surface area (Å²) in [6.45, 7) is 6.26. The molecule has 2 aromatic carbocycles. The molecule has 0 aromatic heterocycles. The molecule has 2 amide bonds. The number of nitrogens with one attached hydrogen (secondary N) is 1. The zero-order valence-electron chi connectivity index (χ0n) is 20.2. The lowest BCUT2D eigenvalue weighted by atomic mass is 9.92. The molecule has 1 atom stereocenters. The van der Waals surface area contributed by atoms with E-state index in [2.05, 4.69) is 53.4 Å². The summed E-state index contributed by atoms with van der Waals surface area (Å²) in [7, 11) is 7.13. The Bertz CT molecular complexity index is 1030. The lowest BCUT2D eigenvalue weighted by Gasteiger charge is -2.34. The van der Waals surface area contributed by atoms with E-state index in [0.29, 0.717) is 17.9 Å². The van der Waals surface area contributed by atoms with Crippen molar-refractivity contribution in [3.8, 4) is 11.5 Å². The van der Waals surface area contributed by atoms with E-state index in [1.54, 1.807) is 26.2 Å². The number of anilines is 1. The number of piperazine rings is 1. The van der Waals surface area contributed by atoms with Crippen LogP contribution in [0.5, 0.6) is 11.5 Å². The van der Waals surface area contributed by atoms with Crippen molar-refractivity contribution in [3.05, 3.63) is 59.3 Å². The molecule has 1 fully saturated rings. The largest absolute Gasteiger partial charge is 0.493 e. The second-order valence-electron chi connectivity index (χ2n) is 8.76. The van der Waals surface area contributed by atoms with Gasteiger partial charge in [-0.3, -0.25) is 4.90 Å². The fourth-order valence-electron chi connectivity index (χ4n) is 4.63. The second-order valence-corrected chi connectivity index (χ2v) is 8.76. The predicted octanol–water partition coefficient (Wildman–Crippen LogP) is 3.43. The summed E-state index contributed by atoms with van der Waals surface area (Å²) >= 11 is 0. The van der Waals surface area contributed by atoms with Crippen molar-refractivity contribution < 1.29 is 14.3 Å². The van der Waals surface area contributed by atoms with E-state index in [9.17, 15) is 4.79 Å². The number of fused-ring (bicyclic) bond motifs is 1. The number of nitrogens with zero attached hydrogens (tertiary/aromatic N) is 3. The van der Waals surface area contributed by atoms with Crippen LogP contribution in [-0.2, 0) is 6.42 Å². The number of hydrogen-bond donors (Lipinski definition) is 1. The van der Waals surface area contributed by atoms with Crippen molar-refractivity contribution in [2.24, 2.45) is 0 Å². The minimum atomic E-state index is -0.124. The molecule has 0 unspecified atom stereocenters. The molecule has 7 heteroatoms. The zero-order valence-corrected chi connectivity index (χ0v) is 20.2. The first-order valence-corrected chi connectivity index (χ1v) is 11.5. The van der Waals surface area contributed by atoms with Gasteiger partial charge >= 0.3 is 6.03 Å². The Morgan fingerprint density at radius 3 is 2.24 bits per heavy atom. The van der Waals surface area contributed by atoms with Gasteiger partial charge in [-0.1, -0.05) is 12.1 Å². The quantitative estimate of drug-likeness (QED) is 0.774. The molecule has 0 saturated carbocycles. The van der Waals surface area contributed by atoms with Gasteiger partial charge in [-0.25, -0.2) is 4.79 Å². The first-order chi connectivity index (χ1) is 15.9. The number of amides is 2. The number of hydrogen-bond acceptors (Lipinski definition) is 5. The summed E-state index contributed by atoms with van der Waals surface area (Å²) in [6, 6.07) is 12.6. The minimum absolute atomic E-state index is 0.0103. The van der Waals surface area contributed by atoms with Crippen LogP contribution in [0, 0.1) is 0 Å². The van der Waals surface area contributed by atoms with Crippen molar-refractivity contribution in [2.45, 2.75) is 19.4 Å². The fraction of sp³-hybridized carbons (Fsp3) is 0.423. The lowest BCUT2D eigenvalue weighted by Crippen LogP contribution is -2.44. The molecule has 0 bridgehead atoms. The molecule has 2 heterocycles. The second kappa shape index (κ2) is 9.75. The van der Waals surface area contributed by atoms with Gasteiger partial charge < -0.3 is 24.6 Å². The van der Waals surface area contributed by atoms with E-state index >= 15 is 0 Å². The smallest absolute Gasteiger partial charge is 0.321 e. The SMILES string of the molecule is CNC(=O)N1C=C(c2ccc(N3CCN(C)CC3)cc2)c2cc(OC)c(OC)cc2C[C@H]1C. The zero-order chi connectivity index (χ0) is 23.5. The van der Waals surface area contributed by atoms with Crippen molar-refractivity contribution in [1.82, 2.24) is 15.1 Å². The van der Waals surface area contributed by atoms with Crippen LogP contribution in [0.4, 0.5) is 10.5 Å². The fourth-order valence-corrected chi connectivity index (χ4v) is 4.63. The van der Waals surface area contributed by atoms with E-state index in [-0.39, 0.29) is 12.1 Å². The van der Waals surface area contributed by atoms with E-state index in [1.807, 2.05) is 18.3 Å². The number of carbonyl (C=O) groups excluding carboxylic acids is 1. The van der Waals surface area contributed by atoms with Gasteiger partial charge in [-0.15, -0.1) is 0 Å². The van der Waals surface area contributed by atoms with Crippen molar-refractivity contribution in [3.63, 3.8) is 0 Å². The molecule has 1 saturated heterocycles. The molecule has 1 N–H and O–H groups in total. The van der Waals surface area contributed by atoms with Crippen LogP contribution < -0.4 is 19.7 Å². The molecular formula is C26H34N4O3. The summed E-state index contributed by atoms with van der Waals surface area (Å²) in [6.07, 6.45) is 2.68. The van der Waals surface area contributed by atoms with E-state index in [4.69, 9.17) is 9.47 Å². The third-order valence-corrected chi connectivity index (χ3v) is 6.65. The van der Waals surface area contributed by atoms with Gasteiger partial charge in [-0.05, 0) is 61.3 Å². The van der Waals surface area contributed by atoms with E-state index in [0.717, 1.165) is 48.4 Å². The Labute approximate surface area is 196 Å². The van der Waals surface area contributed by atoms with Gasteiger partial charge in [0.1, 0.15) is 0 Å². The van der Waals surface area contributed by atoms with Crippen LogP contribution in [0.1, 0.15) is 23.6 Å². The highest BCUT2D eigenvalue weighted by atomic mass is 16.5. The van der Waals surface area contributed by atoms with Crippen LogP contribution in [0.3, 0.4) is 0 Å². The van der Waals surface area contributed by atoms with Crippen LogP contribution >= 0.6 is 0 Å². The predicted molar refractivity (Wildman–Crippen MR) is 132 cm³/mol. The van der Waals surface area contributed by atoms with Gasteiger partial charge in [0, 0.05) is 56.7 Å². The third-order valence-electron chi connectivity index (χ3n) is 6.65. The van der Waals surface area contributed by atoms with E-state index < -0.39 is 0 Å². The number of likely N-dealkylation sites (N-methyl/N-ethyl adjacent to an activating group) is 1. The maximum absolute atomic E-state index is 12.7. The molecule has 4 rings (SSSR count). The van der Waals surface area contributed by atoms with Crippen LogP contribution in [0.15, 0.2) is 42.6 Å². The highest BCUT2D eigenvalue weighted by Crippen LogP contribution is 2.39. The molecule has 0 aliphatic carbocycles. The molecule has 2 aliphatic rings. The van der Waals surface area contributed by atoms with Crippen LogP contribution in [-0.4, -0.2) is 76.4 Å². The number of ether oxygens (including phenoxy) is 2. The topological polar surface area (TPSA) is 57.3 Å². The molecular weight excluding hydrogens is 416 g/mol. The Morgan fingerprint density at radius 1 is 1.00 bits per heavy atom. The number of urea groups is 1. The standard InChI is InChI=1S/C26H34N4O3/c1-18-14-20-15-24(32-4)25(33-5)16-22(20)23(17-30(18)26(31)27-2)19-6-8-21(9-7-19)29-12-10-28(3)11-13-29/h6-9,15-18H,10-14H2,1-5H3,(H,27,31)/t18-/m1/s1.